The molecular weight excluding hydrogens is 773 g/mol. The Morgan fingerprint density at radius 1 is 0.316 bits per heavy atom. The monoisotopic (exact) mass is 804 g/mol. The molecule has 11 rings (SSSR count). The maximum atomic E-state index is 13.6. The molecular formula is C53H31F3Se. The average Bonchev–Trinajstić information content (AvgIpc) is 3.63. The standard InChI is InChI=1S/C53H31F3Se/c54-53(55,56)35-28-25-33(26-29-35)49-41-19-8-10-21-43(41)51(44-22-11-9-20-42(44)49)46-24-12-23-45-36-30-27-34(31-47(36)57-52(45)46)50-39-17-6-4-15-37(39)48(32-13-2-1-3-14-32)38-16-5-7-18-40(38)50/h1-31H. The fraction of sp³-hybridized carbons (Fsp3) is 0.0189. The Kier molecular flexibility index (Phi) is 7.76. The third-order valence-corrected chi connectivity index (χ3v) is 14.0. The Bertz CT molecular complexity index is 3260. The van der Waals surface area contributed by atoms with E-state index >= 15 is 0 Å². The van der Waals surface area contributed by atoms with E-state index in [1.807, 2.05) is 12.1 Å². The Morgan fingerprint density at radius 3 is 1.21 bits per heavy atom. The molecule has 0 N–H and O–H groups in total. The van der Waals surface area contributed by atoms with Crippen molar-refractivity contribution in [1.29, 1.82) is 0 Å². The van der Waals surface area contributed by atoms with Crippen LogP contribution in [0.3, 0.4) is 0 Å². The van der Waals surface area contributed by atoms with E-state index in [2.05, 4.69) is 152 Å². The topological polar surface area (TPSA) is 0 Å². The van der Waals surface area contributed by atoms with Crippen LogP contribution in [0.5, 0.6) is 0 Å². The van der Waals surface area contributed by atoms with E-state index in [9.17, 15) is 13.2 Å². The van der Waals surface area contributed by atoms with Crippen LogP contribution in [0.4, 0.5) is 13.2 Å². The second-order valence-electron chi connectivity index (χ2n) is 14.6. The van der Waals surface area contributed by atoms with Crippen molar-refractivity contribution < 1.29 is 13.2 Å². The molecule has 0 aliphatic carbocycles. The van der Waals surface area contributed by atoms with Gasteiger partial charge in [0.2, 0.25) is 0 Å². The van der Waals surface area contributed by atoms with Gasteiger partial charge in [-0.25, -0.2) is 0 Å². The summed E-state index contributed by atoms with van der Waals surface area (Å²) >= 11 is 0.0150. The zero-order valence-electron chi connectivity index (χ0n) is 30.4. The quantitative estimate of drug-likeness (QED) is 0.123. The summed E-state index contributed by atoms with van der Waals surface area (Å²) < 4.78 is 43.5. The van der Waals surface area contributed by atoms with E-state index in [1.165, 1.54) is 80.8 Å². The van der Waals surface area contributed by atoms with Crippen LogP contribution >= 0.6 is 0 Å². The second kappa shape index (κ2) is 13.1. The predicted molar refractivity (Wildman–Crippen MR) is 235 cm³/mol. The summed E-state index contributed by atoms with van der Waals surface area (Å²) in [7, 11) is 0. The zero-order valence-corrected chi connectivity index (χ0v) is 32.2. The van der Waals surface area contributed by atoms with Gasteiger partial charge in [0.25, 0.3) is 0 Å². The van der Waals surface area contributed by atoms with Crippen LogP contribution in [-0.4, -0.2) is 14.5 Å². The molecule has 0 unspecified atom stereocenters. The predicted octanol–water partition coefficient (Wildman–Crippen LogP) is 15.3. The van der Waals surface area contributed by atoms with Crippen molar-refractivity contribution in [3.63, 3.8) is 0 Å². The van der Waals surface area contributed by atoms with E-state index in [1.54, 1.807) is 12.1 Å². The van der Waals surface area contributed by atoms with Gasteiger partial charge in [0.1, 0.15) is 0 Å². The van der Waals surface area contributed by atoms with E-state index < -0.39 is 11.7 Å². The molecule has 0 fully saturated rings. The summed E-state index contributed by atoms with van der Waals surface area (Å²) in [5.74, 6) is 0. The summed E-state index contributed by atoms with van der Waals surface area (Å²) in [6.07, 6.45) is -4.39. The van der Waals surface area contributed by atoms with Gasteiger partial charge in [0.15, 0.2) is 0 Å². The molecule has 0 radical (unpaired) electrons. The van der Waals surface area contributed by atoms with Gasteiger partial charge in [0.05, 0.1) is 0 Å². The van der Waals surface area contributed by atoms with Crippen molar-refractivity contribution in [2.24, 2.45) is 0 Å². The average molecular weight is 804 g/mol. The number of alkyl halides is 3. The third kappa shape index (κ3) is 5.36. The molecule has 270 valence electrons. The van der Waals surface area contributed by atoms with Crippen LogP contribution in [0, 0.1) is 0 Å². The molecule has 0 bridgehead atoms. The first-order valence-corrected chi connectivity index (χ1v) is 20.7. The van der Waals surface area contributed by atoms with Gasteiger partial charge < -0.3 is 0 Å². The molecule has 0 spiro atoms. The van der Waals surface area contributed by atoms with Crippen LogP contribution in [-0.2, 0) is 6.18 Å². The van der Waals surface area contributed by atoms with Crippen molar-refractivity contribution in [3.05, 3.63) is 194 Å². The van der Waals surface area contributed by atoms with Crippen molar-refractivity contribution >= 4 is 76.9 Å². The van der Waals surface area contributed by atoms with Gasteiger partial charge in [-0.1, -0.05) is 0 Å². The molecule has 4 heteroatoms. The Balaban J connectivity index is 1.14. The third-order valence-electron chi connectivity index (χ3n) is 11.5. The van der Waals surface area contributed by atoms with Crippen molar-refractivity contribution in [2.75, 3.05) is 0 Å². The van der Waals surface area contributed by atoms with E-state index in [0.29, 0.717) is 0 Å². The summed E-state index contributed by atoms with van der Waals surface area (Å²) in [5.41, 5.74) is 8.38. The van der Waals surface area contributed by atoms with Crippen LogP contribution in [0.15, 0.2) is 188 Å². The fourth-order valence-electron chi connectivity index (χ4n) is 9.06. The number of halogens is 3. The molecule has 0 saturated heterocycles. The summed E-state index contributed by atoms with van der Waals surface area (Å²) in [5, 5.41) is 11.7. The molecule has 0 atom stereocenters. The van der Waals surface area contributed by atoms with Crippen molar-refractivity contribution in [3.8, 4) is 44.5 Å². The SMILES string of the molecule is FC(F)(F)c1ccc(-c2c3ccccc3c(-c3cccc4c3[se]c3cc(-c5c6ccccc6c(-c6ccccc6)c6ccccc56)ccc34)c3ccccc23)cc1. The van der Waals surface area contributed by atoms with Gasteiger partial charge >= 0.3 is 334 Å². The molecule has 57 heavy (non-hydrogen) atoms. The summed E-state index contributed by atoms with van der Waals surface area (Å²) in [4.78, 5) is 0. The molecule has 0 saturated carbocycles. The summed E-state index contributed by atoms with van der Waals surface area (Å²) in [6.45, 7) is 0. The molecule has 0 nitrogen and oxygen atoms in total. The van der Waals surface area contributed by atoms with E-state index in [0.717, 1.165) is 38.2 Å². The Labute approximate surface area is 332 Å². The number of fused-ring (bicyclic) bond motifs is 7. The number of hydrogen-bond acceptors (Lipinski definition) is 0. The molecule has 0 aliphatic heterocycles. The molecule has 0 aliphatic rings. The second-order valence-corrected chi connectivity index (χ2v) is 16.8. The molecule has 1 aromatic heterocycles. The molecule has 1 heterocycles. The molecule has 0 amide bonds. The molecule has 11 aromatic rings. The number of hydrogen-bond donors (Lipinski definition) is 0. The normalized spacial score (nSPS) is 12.1. The van der Waals surface area contributed by atoms with Gasteiger partial charge in [-0.3, -0.25) is 0 Å². The van der Waals surface area contributed by atoms with Gasteiger partial charge in [-0.05, 0) is 0 Å². The van der Waals surface area contributed by atoms with E-state index in [4.69, 9.17) is 0 Å². The van der Waals surface area contributed by atoms with Crippen molar-refractivity contribution in [1.82, 2.24) is 0 Å². The first kappa shape index (κ1) is 33.9. The minimum atomic E-state index is -4.39. The fourth-order valence-corrected chi connectivity index (χ4v) is 11.7. The minimum absolute atomic E-state index is 0.0150. The molecule has 10 aromatic carbocycles. The van der Waals surface area contributed by atoms with E-state index in [-0.39, 0.29) is 14.5 Å². The van der Waals surface area contributed by atoms with Crippen LogP contribution < -0.4 is 0 Å². The Morgan fingerprint density at radius 2 is 0.719 bits per heavy atom. The summed E-state index contributed by atoms with van der Waals surface area (Å²) in [6, 6.07) is 64.3. The number of benzene rings is 10. The number of rotatable bonds is 4. The van der Waals surface area contributed by atoms with Crippen LogP contribution in [0.1, 0.15) is 5.56 Å². The van der Waals surface area contributed by atoms with Gasteiger partial charge in [-0.2, -0.15) is 0 Å². The van der Waals surface area contributed by atoms with Gasteiger partial charge in [0, 0.05) is 0 Å². The Hall–Kier alpha value is -6.45. The first-order chi connectivity index (χ1) is 27.9. The first-order valence-electron chi connectivity index (χ1n) is 19.0. The van der Waals surface area contributed by atoms with Crippen LogP contribution in [0.25, 0.3) is 107 Å². The van der Waals surface area contributed by atoms with Gasteiger partial charge in [-0.15, -0.1) is 0 Å². The maximum absolute atomic E-state index is 13.6. The van der Waals surface area contributed by atoms with Crippen LogP contribution in [0.2, 0.25) is 0 Å². The van der Waals surface area contributed by atoms with Crippen molar-refractivity contribution in [2.45, 2.75) is 6.18 Å². The zero-order chi connectivity index (χ0) is 38.3.